The number of H-pyrrole nitrogens is 1. The number of ether oxygens (including phenoxy) is 1. The molecule has 0 saturated carbocycles. The van der Waals surface area contributed by atoms with Gasteiger partial charge in [-0.05, 0) is 24.8 Å². The van der Waals surface area contributed by atoms with Crippen LogP contribution in [0.15, 0.2) is 52.4 Å². The molecule has 160 valence electrons. The van der Waals surface area contributed by atoms with Crippen LogP contribution in [0.1, 0.15) is 30.7 Å². The average Bonchev–Trinajstić information content (AvgIpc) is 3.42. The number of fused-ring (bicyclic) bond motifs is 1. The molecule has 1 aliphatic rings. The molecule has 0 bridgehead atoms. The second-order valence-corrected chi connectivity index (χ2v) is 9.61. The van der Waals surface area contributed by atoms with E-state index in [-0.39, 0.29) is 5.75 Å². The molecule has 31 heavy (non-hydrogen) atoms. The molecule has 5 rings (SSSR count). The standard InChI is InChI=1S/C22H23N5O2S2/c28-31(22-24-17-13-30-14-18(17)25-22)15-20-23-11-19(29-12-16-7-3-1-4-8-16)21(26-20)27-9-5-2-6-10-27/h1,3-4,7-8,11,13-14H,2,5-6,9-10,12,15H2,(H,24,25). The van der Waals surface area contributed by atoms with Crippen LogP contribution in [-0.4, -0.2) is 37.2 Å². The number of benzene rings is 1. The van der Waals surface area contributed by atoms with Gasteiger partial charge in [-0.2, -0.15) is 0 Å². The van der Waals surface area contributed by atoms with Crippen LogP contribution in [0.5, 0.6) is 5.75 Å². The first-order chi connectivity index (χ1) is 15.3. The van der Waals surface area contributed by atoms with Gasteiger partial charge >= 0.3 is 0 Å². The Morgan fingerprint density at radius 2 is 1.94 bits per heavy atom. The summed E-state index contributed by atoms with van der Waals surface area (Å²) in [4.78, 5) is 19.0. The first kappa shape index (κ1) is 20.1. The van der Waals surface area contributed by atoms with E-state index in [2.05, 4.69) is 19.9 Å². The number of anilines is 1. The molecule has 1 aliphatic heterocycles. The minimum Gasteiger partial charge on any atom is -0.483 e. The van der Waals surface area contributed by atoms with Crippen molar-refractivity contribution < 1.29 is 8.95 Å². The summed E-state index contributed by atoms with van der Waals surface area (Å²) in [5.41, 5.74) is 2.84. The fraction of sp³-hybridized carbons (Fsp3) is 0.318. The summed E-state index contributed by atoms with van der Waals surface area (Å²) in [6.07, 6.45) is 5.21. The van der Waals surface area contributed by atoms with Gasteiger partial charge in [-0.15, -0.1) is 11.3 Å². The largest absolute Gasteiger partial charge is 0.483 e. The van der Waals surface area contributed by atoms with Crippen LogP contribution in [0.2, 0.25) is 0 Å². The highest BCUT2D eigenvalue weighted by molar-refractivity contribution is 7.84. The van der Waals surface area contributed by atoms with Crippen LogP contribution in [0.25, 0.3) is 11.0 Å². The molecule has 1 aromatic carbocycles. The normalized spacial score (nSPS) is 15.3. The minimum absolute atomic E-state index is 0.208. The van der Waals surface area contributed by atoms with E-state index in [1.165, 1.54) is 6.42 Å². The fourth-order valence-electron chi connectivity index (χ4n) is 3.65. The van der Waals surface area contributed by atoms with E-state index in [1.54, 1.807) is 17.5 Å². The fourth-order valence-corrected chi connectivity index (χ4v) is 5.28. The Bertz CT molecular complexity index is 1160. The van der Waals surface area contributed by atoms with Crippen molar-refractivity contribution in [3.05, 3.63) is 58.7 Å². The molecule has 3 aromatic heterocycles. The predicted octanol–water partition coefficient (Wildman–Crippen LogP) is 4.29. The van der Waals surface area contributed by atoms with E-state index in [9.17, 15) is 4.21 Å². The number of nitrogens with one attached hydrogen (secondary N) is 1. The number of nitrogens with zero attached hydrogens (tertiary/aromatic N) is 4. The van der Waals surface area contributed by atoms with Crippen LogP contribution in [-0.2, 0) is 23.2 Å². The van der Waals surface area contributed by atoms with Crippen LogP contribution >= 0.6 is 11.3 Å². The number of hydrogen-bond donors (Lipinski definition) is 1. The second-order valence-electron chi connectivity index (χ2n) is 7.50. The molecule has 1 unspecified atom stereocenters. The zero-order valence-electron chi connectivity index (χ0n) is 17.0. The molecular formula is C22H23N5O2S2. The SMILES string of the molecule is O=S(Cc1ncc(OCc2ccccc2)c(N2CCCCC2)n1)c1nc2cscc2[nH]1. The summed E-state index contributed by atoms with van der Waals surface area (Å²) in [6.45, 7) is 2.34. The minimum atomic E-state index is -1.35. The molecule has 7 nitrogen and oxygen atoms in total. The van der Waals surface area contributed by atoms with E-state index >= 15 is 0 Å². The number of thiophene rings is 1. The van der Waals surface area contributed by atoms with Gasteiger partial charge in [0.05, 0.1) is 28.3 Å². The molecule has 0 radical (unpaired) electrons. The van der Waals surface area contributed by atoms with Crippen LogP contribution in [0.4, 0.5) is 5.82 Å². The number of piperidine rings is 1. The maximum atomic E-state index is 12.9. The van der Waals surface area contributed by atoms with Gasteiger partial charge in [0, 0.05) is 23.8 Å². The van der Waals surface area contributed by atoms with Crippen LogP contribution in [0.3, 0.4) is 0 Å². The van der Waals surface area contributed by atoms with Crippen molar-refractivity contribution in [2.45, 2.75) is 36.8 Å². The van der Waals surface area contributed by atoms with Crippen molar-refractivity contribution >= 4 is 39.0 Å². The highest BCUT2D eigenvalue weighted by atomic mass is 32.2. The maximum absolute atomic E-state index is 12.9. The molecule has 0 spiro atoms. The van der Waals surface area contributed by atoms with Gasteiger partial charge in [-0.3, -0.25) is 4.21 Å². The summed E-state index contributed by atoms with van der Waals surface area (Å²) in [7, 11) is -1.35. The zero-order chi connectivity index (χ0) is 21.0. The topological polar surface area (TPSA) is 84.0 Å². The number of hydrogen-bond acceptors (Lipinski definition) is 7. The zero-order valence-corrected chi connectivity index (χ0v) is 18.6. The van der Waals surface area contributed by atoms with Gasteiger partial charge in [0.15, 0.2) is 16.7 Å². The molecule has 1 N–H and O–H groups in total. The number of aromatic amines is 1. The van der Waals surface area contributed by atoms with E-state index in [0.717, 1.165) is 48.3 Å². The van der Waals surface area contributed by atoms with Crippen molar-refractivity contribution in [3.63, 3.8) is 0 Å². The Morgan fingerprint density at radius 1 is 1.10 bits per heavy atom. The quantitative estimate of drug-likeness (QED) is 0.449. The van der Waals surface area contributed by atoms with E-state index in [4.69, 9.17) is 9.72 Å². The second kappa shape index (κ2) is 9.15. The lowest BCUT2D eigenvalue weighted by molar-refractivity contribution is 0.303. The third kappa shape index (κ3) is 4.62. The van der Waals surface area contributed by atoms with Gasteiger partial charge in [-0.1, -0.05) is 30.3 Å². The van der Waals surface area contributed by atoms with Gasteiger partial charge in [0.2, 0.25) is 0 Å². The molecule has 0 aliphatic carbocycles. The first-order valence-corrected chi connectivity index (χ1v) is 12.6. The van der Waals surface area contributed by atoms with E-state index < -0.39 is 10.8 Å². The predicted molar refractivity (Wildman–Crippen MR) is 123 cm³/mol. The Kier molecular flexibility index (Phi) is 5.95. The first-order valence-electron chi connectivity index (χ1n) is 10.3. The van der Waals surface area contributed by atoms with Crippen LogP contribution in [0, 0.1) is 0 Å². The highest BCUT2D eigenvalue weighted by Crippen LogP contribution is 2.29. The molecule has 0 amide bonds. The van der Waals surface area contributed by atoms with Crippen molar-refractivity contribution in [3.8, 4) is 5.75 Å². The van der Waals surface area contributed by atoms with Crippen LogP contribution < -0.4 is 9.64 Å². The summed E-state index contributed by atoms with van der Waals surface area (Å²) in [6, 6.07) is 10.1. The molecule has 1 atom stereocenters. The summed E-state index contributed by atoms with van der Waals surface area (Å²) >= 11 is 1.57. The lowest BCUT2D eigenvalue weighted by Gasteiger charge is -2.29. The van der Waals surface area contributed by atoms with Gasteiger partial charge in [0.1, 0.15) is 17.9 Å². The van der Waals surface area contributed by atoms with Crippen molar-refractivity contribution in [1.29, 1.82) is 0 Å². The Balaban J connectivity index is 1.37. The van der Waals surface area contributed by atoms with Gasteiger partial charge < -0.3 is 14.6 Å². The van der Waals surface area contributed by atoms with E-state index in [0.29, 0.717) is 23.3 Å². The molecule has 1 saturated heterocycles. The third-order valence-corrected chi connectivity index (χ3v) is 7.14. The number of imidazole rings is 1. The van der Waals surface area contributed by atoms with Gasteiger partial charge in [0.25, 0.3) is 0 Å². The number of aromatic nitrogens is 4. The smallest absolute Gasteiger partial charge is 0.197 e. The van der Waals surface area contributed by atoms with E-state index in [1.807, 2.05) is 41.1 Å². The third-order valence-electron chi connectivity index (χ3n) is 5.26. The van der Waals surface area contributed by atoms with Crippen molar-refractivity contribution in [1.82, 2.24) is 19.9 Å². The Morgan fingerprint density at radius 3 is 2.74 bits per heavy atom. The molecule has 4 heterocycles. The monoisotopic (exact) mass is 453 g/mol. The highest BCUT2D eigenvalue weighted by Gasteiger charge is 2.20. The van der Waals surface area contributed by atoms with Crippen molar-refractivity contribution in [2.24, 2.45) is 0 Å². The summed E-state index contributed by atoms with van der Waals surface area (Å²) in [5.74, 6) is 2.19. The maximum Gasteiger partial charge on any atom is 0.197 e. The summed E-state index contributed by atoms with van der Waals surface area (Å²) in [5, 5.41) is 4.37. The van der Waals surface area contributed by atoms with Gasteiger partial charge in [-0.25, -0.2) is 15.0 Å². The molecule has 1 fully saturated rings. The Hall–Kier alpha value is -2.78. The lowest BCUT2D eigenvalue weighted by atomic mass is 10.1. The molecular weight excluding hydrogens is 430 g/mol. The van der Waals surface area contributed by atoms with Crippen molar-refractivity contribution in [2.75, 3.05) is 18.0 Å². The Labute approximate surface area is 187 Å². The summed E-state index contributed by atoms with van der Waals surface area (Å²) < 4.78 is 19.0. The number of rotatable bonds is 7. The molecule has 4 aromatic rings. The lowest BCUT2D eigenvalue weighted by Crippen LogP contribution is -2.31. The molecule has 9 heteroatoms. The average molecular weight is 454 g/mol.